The van der Waals surface area contributed by atoms with E-state index in [9.17, 15) is 4.79 Å². The first-order valence-electron chi connectivity index (χ1n) is 8.79. The molecule has 0 bridgehead atoms. The molecule has 0 amide bonds. The number of morpholine rings is 1. The lowest BCUT2D eigenvalue weighted by molar-refractivity contribution is 0.0398. The maximum absolute atomic E-state index is 12.8. The average molecular weight is 348 g/mol. The van der Waals surface area contributed by atoms with Gasteiger partial charge in [-0.05, 0) is 31.2 Å². The fourth-order valence-electron chi connectivity index (χ4n) is 3.59. The van der Waals surface area contributed by atoms with Crippen LogP contribution < -0.4 is 10.9 Å². The Morgan fingerprint density at radius 2 is 2.04 bits per heavy atom. The first kappa shape index (κ1) is 16.1. The Kier molecular flexibility index (Phi) is 4.56. The molecule has 0 atom stereocenters. The molecule has 6 nitrogen and oxygen atoms in total. The van der Waals surface area contributed by atoms with E-state index in [0.717, 1.165) is 62.5 Å². The summed E-state index contributed by atoms with van der Waals surface area (Å²) in [7, 11) is 1.82. The van der Waals surface area contributed by atoms with Gasteiger partial charge in [0.25, 0.3) is 5.56 Å². The largest absolute Gasteiger partial charge is 0.379 e. The molecule has 0 radical (unpaired) electrons. The van der Waals surface area contributed by atoms with Crippen molar-refractivity contribution in [1.29, 1.82) is 0 Å². The number of rotatable bonds is 4. The molecule has 7 heteroatoms. The molecule has 1 N–H and O–H groups in total. The van der Waals surface area contributed by atoms with E-state index in [2.05, 4.69) is 10.2 Å². The van der Waals surface area contributed by atoms with Crippen LogP contribution in [0.4, 0.5) is 5.95 Å². The fourth-order valence-corrected chi connectivity index (χ4v) is 4.85. The molecule has 2 aromatic rings. The summed E-state index contributed by atoms with van der Waals surface area (Å²) in [6.07, 6.45) is 4.53. The van der Waals surface area contributed by atoms with Crippen molar-refractivity contribution in [1.82, 2.24) is 14.5 Å². The number of nitrogens with zero attached hydrogens (tertiary/aromatic N) is 3. The normalized spacial score (nSPS) is 18.7. The second-order valence-electron chi connectivity index (χ2n) is 6.57. The van der Waals surface area contributed by atoms with Crippen molar-refractivity contribution in [3.8, 4) is 0 Å². The SMILES string of the molecule is Cn1c(NCCN2CCOCC2)nc2sc3c(c2c1=O)CCCC3. The lowest BCUT2D eigenvalue weighted by atomic mass is 9.97. The number of ether oxygens (including phenoxy) is 1. The summed E-state index contributed by atoms with van der Waals surface area (Å²) >= 11 is 1.71. The minimum absolute atomic E-state index is 0.0910. The highest BCUT2D eigenvalue weighted by molar-refractivity contribution is 7.18. The van der Waals surface area contributed by atoms with Crippen molar-refractivity contribution >= 4 is 27.5 Å². The van der Waals surface area contributed by atoms with E-state index < -0.39 is 0 Å². The molecule has 1 saturated heterocycles. The minimum atomic E-state index is 0.0910. The highest BCUT2D eigenvalue weighted by Gasteiger charge is 2.21. The number of aryl methyl sites for hydroxylation is 2. The highest BCUT2D eigenvalue weighted by Crippen LogP contribution is 2.34. The van der Waals surface area contributed by atoms with Crippen molar-refractivity contribution < 1.29 is 4.74 Å². The Bertz CT molecular complexity index is 792. The van der Waals surface area contributed by atoms with Gasteiger partial charge < -0.3 is 10.1 Å². The smallest absolute Gasteiger partial charge is 0.263 e. The molecule has 1 fully saturated rings. The molecule has 4 rings (SSSR count). The van der Waals surface area contributed by atoms with Gasteiger partial charge in [-0.3, -0.25) is 14.3 Å². The Morgan fingerprint density at radius 1 is 1.25 bits per heavy atom. The van der Waals surface area contributed by atoms with Crippen molar-refractivity contribution in [3.05, 3.63) is 20.8 Å². The third kappa shape index (κ3) is 2.96. The summed E-state index contributed by atoms with van der Waals surface area (Å²) in [5, 5.41) is 4.21. The second kappa shape index (κ2) is 6.82. The van der Waals surface area contributed by atoms with E-state index in [1.54, 1.807) is 15.9 Å². The van der Waals surface area contributed by atoms with E-state index in [-0.39, 0.29) is 5.56 Å². The Hall–Kier alpha value is -1.44. The van der Waals surface area contributed by atoms with E-state index in [1.165, 1.54) is 23.3 Å². The lowest BCUT2D eigenvalue weighted by Crippen LogP contribution is -2.39. The van der Waals surface area contributed by atoms with Gasteiger partial charge in [-0.25, -0.2) is 4.98 Å². The number of nitrogens with one attached hydrogen (secondary N) is 1. The predicted octanol–water partition coefficient (Wildman–Crippen LogP) is 1.62. The third-order valence-electron chi connectivity index (χ3n) is 5.01. The van der Waals surface area contributed by atoms with Crippen LogP contribution in [0.5, 0.6) is 0 Å². The molecule has 2 aliphatic rings. The standard InChI is InChI=1S/C17H24N4O2S/c1-20-16(22)14-12-4-2-3-5-13(12)24-15(14)19-17(20)18-6-7-21-8-10-23-11-9-21/h2-11H2,1H3,(H,18,19). The summed E-state index contributed by atoms with van der Waals surface area (Å²) in [6.45, 7) is 5.30. The molecule has 1 aliphatic heterocycles. The van der Waals surface area contributed by atoms with Gasteiger partial charge in [0.1, 0.15) is 4.83 Å². The quantitative estimate of drug-likeness (QED) is 0.910. The summed E-state index contributed by atoms with van der Waals surface area (Å²) < 4.78 is 7.04. The molecule has 0 saturated carbocycles. The van der Waals surface area contributed by atoms with E-state index in [1.807, 2.05) is 7.05 Å². The first-order valence-corrected chi connectivity index (χ1v) is 9.61. The molecule has 2 aromatic heterocycles. The zero-order valence-electron chi connectivity index (χ0n) is 14.1. The molecule has 0 spiro atoms. The molecule has 130 valence electrons. The van der Waals surface area contributed by atoms with Crippen molar-refractivity contribution in [3.63, 3.8) is 0 Å². The number of hydrogen-bond donors (Lipinski definition) is 1. The van der Waals surface area contributed by atoms with Crippen molar-refractivity contribution in [2.24, 2.45) is 7.05 Å². The number of hydrogen-bond acceptors (Lipinski definition) is 6. The van der Waals surface area contributed by atoms with Gasteiger partial charge in [0, 0.05) is 38.1 Å². The van der Waals surface area contributed by atoms with Gasteiger partial charge in [-0.1, -0.05) is 0 Å². The van der Waals surface area contributed by atoms with Crippen LogP contribution in [0.1, 0.15) is 23.3 Å². The Labute approximate surface area is 145 Å². The van der Waals surface area contributed by atoms with Gasteiger partial charge in [0.15, 0.2) is 0 Å². The maximum Gasteiger partial charge on any atom is 0.263 e. The van der Waals surface area contributed by atoms with Gasteiger partial charge in [-0.15, -0.1) is 11.3 Å². The van der Waals surface area contributed by atoms with Gasteiger partial charge in [-0.2, -0.15) is 0 Å². The zero-order valence-corrected chi connectivity index (χ0v) is 15.0. The summed E-state index contributed by atoms with van der Waals surface area (Å²) in [6, 6.07) is 0. The average Bonchev–Trinajstić information content (AvgIpc) is 2.98. The maximum atomic E-state index is 12.8. The molecule has 3 heterocycles. The third-order valence-corrected chi connectivity index (χ3v) is 6.20. The molecule has 1 aliphatic carbocycles. The van der Waals surface area contributed by atoms with Gasteiger partial charge in [0.2, 0.25) is 5.95 Å². The number of aromatic nitrogens is 2. The summed E-state index contributed by atoms with van der Waals surface area (Å²) in [5.74, 6) is 0.680. The monoisotopic (exact) mass is 348 g/mol. The van der Waals surface area contributed by atoms with Crippen LogP contribution in [0.25, 0.3) is 10.2 Å². The van der Waals surface area contributed by atoms with E-state index >= 15 is 0 Å². The predicted molar refractivity (Wildman–Crippen MR) is 97.3 cm³/mol. The van der Waals surface area contributed by atoms with Crippen LogP contribution in [0.2, 0.25) is 0 Å². The minimum Gasteiger partial charge on any atom is -0.379 e. The van der Waals surface area contributed by atoms with Crippen LogP contribution in [-0.2, 0) is 24.6 Å². The lowest BCUT2D eigenvalue weighted by Gasteiger charge is -2.26. The molecular formula is C17H24N4O2S. The number of thiophene rings is 1. The summed E-state index contributed by atoms with van der Waals surface area (Å²) in [4.78, 5) is 22.2. The van der Waals surface area contributed by atoms with Gasteiger partial charge in [0.05, 0.1) is 18.6 Å². The Balaban J connectivity index is 1.55. The van der Waals surface area contributed by atoms with Crippen molar-refractivity contribution in [2.75, 3.05) is 44.7 Å². The Morgan fingerprint density at radius 3 is 2.88 bits per heavy atom. The molecule has 0 aromatic carbocycles. The van der Waals surface area contributed by atoms with Crippen LogP contribution in [-0.4, -0.2) is 53.8 Å². The number of fused-ring (bicyclic) bond motifs is 3. The fraction of sp³-hybridized carbons (Fsp3) is 0.647. The molecule has 0 unspecified atom stereocenters. The molecular weight excluding hydrogens is 324 g/mol. The topological polar surface area (TPSA) is 59.4 Å². The summed E-state index contributed by atoms with van der Waals surface area (Å²) in [5.41, 5.74) is 1.35. The van der Waals surface area contributed by atoms with E-state index in [0.29, 0.717) is 5.95 Å². The van der Waals surface area contributed by atoms with E-state index in [4.69, 9.17) is 9.72 Å². The van der Waals surface area contributed by atoms with Crippen LogP contribution in [0.3, 0.4) is 0 Å². The van der Waals surface area contributed by atoms with Crippen molar-refractivity contribution in [2.45, 2.75) is 25.7 Å². The van der Waals surface area contributed by atoms with Gasteiger partial charge >= 0.3 is 0 Å². The number of anilines is 1. The van der Waals surface area contributed by atoms with Crippen LogP contribution in [0.15, 0.2) is 4.79 Å². The van der Waals surface area contributed by atoms with Crippen LogP contribution in [0, 0.1) is 0 Å². The first-order chi connectivity index (χ1) is 11.7. The highest BCUT2D eigenvalue weighted by atomic mass is 32.1. The van der Waals surface area contributed by atoms with Crippen LogP contribution >= 0.6 is 11.3 Å². The zero-order chi connectivity index (χ0) is 16.5. The molecule has 24 heavy (non-hydrogen) atoms. The second-order valence-corrected chi connectivity index (χ2v) is 7.66.